The van der Waals surface area contributed by atoms with Crippen LogP contribution in [0.25, 0.3) is 0 Å². The summed E-state index contributed by atoms with van der Waals surface area (Å²) in [6.45, 7) is 7.23. The van der Waals surface area contributed by atoms with Gasteiger partial charge in [-0.05, 0) is 25.7 Å². The van der Waals surface area contributed by atoms with E-state index in [-0.39, 0.29) is 5.92 Å². The van der Waals surface area contributed by atoms with Crippen molar-refractivity contribution in [1.29, 1.82) is 0 Å². The van der Waals surface area contributed by atoms with Gasteiger partial charge in [0.15, 0.2) is 0 Å². The zero-order valence-electron chi connectivity index (χ0n) is 7.33. The molecule has 0 aromatic heterocycles. The average Bonchev–Trinajstić information content (AvgIpc) is 1.86. The second-order valence-electron chi connectivity index (χ2n) is 3.15. The van der Waals surface area contributed by atoms with Crippen molar-refractivity contribution in [3.63, 3.8) is 0 Å². The first-order valence-electron chi connectivity index (χ1n) is 4.05. The molecule has 2 heteroatoms. The Hall–Kier alpha value is -0.340. The number of rotatable bonds is 5. The van der Waals surface area contributed by atoms with Gasteiger partial charge in [0.25, 0.3) is 0 Å². The van der Waals surface area contributed by atoms with Gasteiger partial charge in [0.1, 0.15) is 0 Å². The van der Waals surface area contributed by atoms with E-state index in [0.29, 0.717) is 6.42 Å². The molecule has 0 aromatic carbocycles. The Bertz CT molecular complexity index is 110. The lowest BCUT2D eigenvalue weighted by Gasteiger charge is -2.18. The summed E-state index contributed by atoms with van der Waals surface area (Å²) in [5, 5.41) is 18.4. The molecule has 0 spiro atoms. The molecule has 2 nitrogen and oxygen atoms in total. The Morgan fingerprint density at radius 3 is 2.27 bits per heavy atom. The van der Waals surface area contributed by atoms with E-state index in [4.69, 9.17) is 5.11 Å². The van der Waals surface area contributed by atoms with Crippen LogP contribution in [0.5, 0.6) is 0 Å². The normalized spacial score (nSPS) is 18.9. The predicted molar refractivity (Wildman–Crippen MR) is 46.3 cm³/mol. The van der Waals surface area contributed by atoms with Crippen molar-refractivity contribution in [3.8, 4) is 0 Å². The van der Waals surface area contributed by atoms with E-state index in [1.165, 1.54) is 0 Å². The smallest absolute Gasteiger partial charge is 0.0593 e. The van der Waals surface area contributed by atoms with E-state index < -0.39 is 12.2 Å². The largest absolute Gasteiger partial charge is 0.393 e. The summed E-state index contributed by atoms with van der Waals surface area (Å²) >= 11 is 0. The summed E-state index contributed by atoms with van der Waals surface area (Å²) in [5.74, 6) is 0.196. The van der Waals surface area contributed by atoms with Gasteiger partial charge in [0.2, 0.25) is 0 Å². The first-order chi connectivity index (χ1) is 5.07. The molecule has 0 aliphatic carbocycles. The van der Waals surface area contributed by atoms with Crippen LogP contribution in [0.2, 0.25) is 0 Å². The lowest BCUT2D eigenvalue weighted by atomic mass is 9.97. The van der Waals surface area contributed by atoms with E-state index in [2.05, 4.69) is 6.58 Å². The third-order valence-corrected chi connectivity index (χ3v) is 1.78. The maximum absolute atomic E-state index is 9.41. The maximum atomic E-state index is 9.41. The molecule has 0 aliphatic rings. The molecule has 66 valence electrons. The van der Waals surface area contributed by atoms with Gasteiger partial charge in [-0.2, -0.15) is 0 Å². The van der Waals surface area contributed by atoms with Crippen LogP contribution >= 0.6 is 0 Å². The molecule has 0 amide bonds. The van der Waals surface area contributed by atoms with Gasteiger partial charge in [0.05, 0.1) is 12.2 Å². The SMILES string of the molecule is C=CCC(C)C(O)CC(C)O. The van der Waals surface area contributed by atoms with E-state index in [1.54, 1.807) is 13.0 Å². The second-order valence-corrected chi connectivity index (χ2v) is 3.15. The minimum absolute atomic E-state index is 0.196. The molecule has 0 aliphatic heterocycles. The summed E-state index contributed by atoms with van der Waals surface area (Å²) in [6.07, 6.45) is 2.21. The standard InChI is InChI=1S/C9H18O2/c1-4-5-7(2)9(11)6-8(3)10/h4,7-11H,1,5-6H2,2-3H3. The molecule has 2 N–H and O–H groups in total. The molecule has 11 heavy (non-hydrogen) atoms. The lowest BCUT2D eigenvalue weighted by Crippen LogP contribution is -2.22. The fourth-order valence-corrected chi connectivity index (χ4v) is 1.00. The maximum Gasteiger partial charge on any atom is 0.0593 e. The molecule has 3 atom stereocenters. The van der Waals surface area contributed by atoms with Crippen molar-refractivity contribution < 1.29 is 10.2 Å². The van der Waals surface area contributed by atoms with E-state index in [9.17, 15) is 5.11 Å². The zero-order valence-corrected chi connectivity index (χ0v) is 7.33. The number of aliphatic hydroxyl groups is 2. The highest BCUT2D eigenvalue weighted by molar-refractivity contribution is 4.76. The van der Waals surface area contributed by atoms with Crippen LogP contribution < -0.4 is 0 Å². The van der Waals surface area contributed by atoms with Gasteiger partial charge in [-0.25, -0.2) is 0 Å². The molecular formula is C9H18O2. The molecule has 0 radical (unpaired) electrons. The number of allylic oxidation sites excluding steroid dienone is 1. The van der Waals surface area contributed by atoms with Crippen LogP contribution in [0.15, 0.2) is 12.7 Å². The molecule has 3 unspecified atom stereocenters. The van der Waals surface area contributed by atoms with Crippen molar-refractivity contribution in [3.05, 3.63) is 12.7 Å². The van der Waals surface area contributed by atoms with Crippen LogP contribution in [-0.2, 0) is 0 Å². The molecule has 0 rings (SSSR count). The molecular weight excluding hydrogens is 140 g/mol. The third-order valence-electron chi connectivity index (χ3n) is 1.78. The van der Waals surface area contributed by atoms with Crippen LogP contribution in [0.1, 0.15) is 26.7 Å². The van der Waals surface area contributed by atoms with Gasteiger partial charge in [0, 0.05) is 0 Å². The number of hydrogen-bond acceptors (Lipinski definition) is 2. The third kappa shape index (κ3) is 4.99. The molecule has 0 saturated carbocycles. The van der Waals surface area contributed by atoms with Crippen molar-refractivity contribution in [2.45, 2.75) is 38.9 Å². The van der Waals surface area contributed by atoms with Gasteiger partial charge < -0.3 is 10.2 Å². The van der Waals surface area contributed by atoms with Gasteiger partial charge in [-0.1, -0.05) is 13.0 Å². The van der Waals surface area contributed by atoms with Crippen molar-refractivity contribution in [1.82, 2.24) is 0 Å². The van der Waals surface area contributed by atoms with Crippen molar-refractivity contribution >= 4 is 0 Å². The zero-order chi connectivity index (χ0) is 8.85. The number of hydrogen-bond donors (Lipinski definition) is 2. The van der Waals surface area contributed by atoms with Gasteiger partial charge >= 0.3 is 0 Å². The van der Waals surface area contributed by atoms with Crippen molar-refractivity contribution in [2.24, 2.45) is 5.92 Å². The fraction of sp³-hybridized carbons (Fsp3) is 0.778. The predicted octanol–water partition coefficient (Wildman–Crippen LogP) is 1.33. The molecule has 0 fully saturated rings. The summed E-state index contributed by atoms with van der Waals surface area (Å²) in [4.78, 5) is 0. The second kappa shape index (κ2) is 5.33. The Labute approximate surface area is 68.6 Å². The van der Waals surface area contributed by atoms with Crippen LogP contribution in [0, 0.1) is 5.92 Å². The summed E-state index contributed by atoms with van der Waals surface area (Å²) in [6, 6.07) is 0. The van der Waals surface area contributed by atoms with Gasteiger partial charge in [-0.15, -0.1) is 6.58 Å². The first kappa shape index (κ1) is 10.7. The highest BCUT2D eigenvalue weighted by Gasteiger charge is 2.14. The summed E-state index contributed by atoms with van der Waals surface area (Å²) < 4.78 is 0. The van der Waals surface area contributed by atoms with Gasteiger partial charge in [-0.3, -0.25) is 0 Å². The van der Waals surface area contributed by atoms with Crippen molar-refractivity contribution in [2.75, 3.05) is 0 Å². The minimum atomic E-state index is -0.419. The Kier molecular flexibility index (Phi) is 5.16. The van der Waals surface area contributed by atoms with Crippen LogP contribution in [0.3, 0.4) is 0 Å². The summed E-state index contributed by atoms with van der Waals surface area (Å²) in [5.41, 5.74) is 0. The van der Waals surface area contributed by atoms with E-state index in [1.807, 2.05) is 6.92 Å². The van der Waals surface area contributed by atoms with E-state index >= 15 is 0 Å². The van der Waals surface area contributed by atoms with Crippen LogP contribution in [-0.4, -0.2) is 22.4 Å². The monoisotopic (exact) mass is 158 g/mol. The molecule has 0 saturated heterocycles. The molecule has 0 aromatic rings. The Morgan fingerprint density at radius 1 is 1.36 bits per heavy atom. The highest BCUT2D eigenvalue weighted by atomic mass is 16.3. The fourth-order valence-electron chi connectivity index (χ4n) is 1.00. The highest BCUT2D eigenvalue weighted by Crippen LogP contribution is 2.13. The quantitative estimate of drug-likeness (QED) is 0.593. The first-order valence-corrected chi connectivity index (χ1v) is 4.05. The lowest BCUT2D eigenvalue weighted by molar-refractivity contribution is 0.0567. The Morgan fingerprint density at radius 2 is 1.91 bits per heavy atom. The average molecular weight is 158 g/mol. The Balaban J connectivity index is 3.62. The molecule has 0 bridgehead atoms. The van der Waals surface area contributed by atoms with E-state index in [0.717, 1.165) is 6.42 Å². The molecule has 0 heterocycles. The minimum Gasteiger partial charge on any atom is -0.393 e. The van der Waals surface area contributed by atoms with Crippen LogP contribution in [0.4, 0.5) is 0 Å². The summed E-state index contributed by atoms with van der Waals surface area (Å²) in [7, 11) is 0. The topological polar surface area (TPSA) is 40.5 Å². The number of aliphatic hydroxyl groups excluding tert-OH is 2.